The largest absolute Gasteiger partial charge is 0.442 e. The highest BCUT2D eigenvalue weighted by Crippen LogP contribution is 2.10. The summed E-state index contributed by atoms with van der Waals surface area (Å²) in [4.78, 5) is 82.9. The number of aromatic nitrogens is 3. The third-order valence-corrected chi connectivity index (χ3v) is 12.0. The van der Waals surface area contributed by atoms with E-state index in [4.69, 9.17) is 34.2 Å². The molecular formula is C49H91N9O12. The summed E-state index contributed by atoms with van der Waals surface area (Å²) in [5, 5.41) is 8.42. The predicted octanol–water partition coefficient (Wildman–Crippen LogP) is 4.18. The van der Waals surface area contributed by atoms with Gasteiger partial charge in [0.2, 0.25) is 0 Å². The van der Waals surface area contributed by atoms with Gasteiger partial charge in [-0.1, -0.05) is 78.6 Å². The van der Waals surface area contributed by atoms with Crippen molar-refractivity contribution < 1.29 is 42.8 Å². The lowest BCUT2D eigenvalue weighted by molar-refractivity contribution is 0.0132. The van der Waals surface area contributed by atoms with Gasteiger partial charge in [0.1, 0.15) is 18.3 Å². The minimum Gasteiger partial charge on any atom is -0.442 e. The Hall–Kier alpha value is -4.02. The summed E-state index contributed by atoms with van der Waals surface area (Å²) >= 11 is 0. The van der Waals surface area contributed by atoms with E-state index >= 15 is 0 Å². The molecule has 2 fully saturated rings. The Morgan fingerprint density at radius 2 is 0.757 bits per heavy atom. The summed E-state index contributed by atoms with van der Waals surface area (Å²) in [6.45, 7) is 16.3. The molecule has 2 aliphatic heterocycles. The molecule has 3 unspecified atom stereocenters. The van der Waals surface area contributed by atoms with Crippen LogP contribution in [-0.4, -0.2) is 165 Å². The van der Waals surface area contributed by atoms with Crippen LogP contribution in [0.15, 0.2) is 14.4 Å². The van der Waals surface area contributed by atoms with Gasteiger partial charge >= 0.3 is 35.3 Å². The van der Waals surface area contributed by atoms with Gasteiger partial charge in [0.05, 0.1) is 19.8 Å². The second-order valence-electron chi connectivity index (χ2n) is 18.5. The van der Waals surface area contributed by atoms with Crippen molar-refractivity contribution in [3.8, 4) is 0 Å². The Kier molecular flexibility index (Phi) is 32.5. The first kappa shape index (κ1) is 60.3. The van der Waals surface area contributed by atoms with E-state index in [0.717, 1.165) is 84.0 Å². The lowest BCUT2D eigenvalue weighted by atomic mass is 10.2. The average Bonchev–Trinajstić information content (AvgIpc) is 4.30. The van der Waals surface area contributed by atoms with Crippen LogP contribution in [0.5, 0.6) is 0 Å². The number of nitrogens with zero attached hydrogens (tertiary/aromatic N) is 5. The zero-order chi connectivity index (χ0) is 50.6. The van der Waals surface area contributed by atoms with Crippen molar-refractivity contribution in [2.45, 2.75) is 174 Å². The van der Waals surface area contributed by atoms with E-state index in [-0.39, 0.29) is 45.0 Å². The lowest BCUT2D eigenvalue weighted by Crippen LogP contribution is -2.54. The van der Waals surface area contributed by atoms with E-state index in [0.29, 0.717) is 124 Å². The molecule has 21 heteroatoms. The molecule has 0 aliphatic carbocycles. The lowest BCUT2D eigenvalue weighted by Gasteiger charge is -2.19. The fourth-order valence-electron chi connectivity index (χ4n) is 7.52. The first-order chi connectivity index (χ1) is 34.1. The smallest absolute Gasteiger partial charge is 0.407 e. The van der Waals surface area contributed by atoms with Gasteiger partial charge < -0.3 is 50.1 Å². The first-order valence-corrected chi connectivity index (χ1v) is 26.8. The van der Waals surface area contributed by atoms with Crippen LogP contribution >= 0.6 is 0 Å². The molecule has 3 rings (SSSR count). The third kappa shape index (κ3) is 27.5. The Bertz CT molecular complexity index is 1660. The molecule has 0 radical (unpaired) electrons. The summed E-state index contributed by atoms with van der Waals surface area (Å²) in [6, 6.07) is 0. The molecule has 0 saturated carbocycles. The number of carbonyl (C=O) groups is 3. The van der Waals surface area contributed by atoms with Crippen molar-refractivity contribution in [3.63, 3.8) is 0 Å². The highest BCUT2D eigenvalue weighted by atomic mass is 16.6. The van der Waals surface area contributed by atoms with Gasteiger partial charge in [-0.15, -0.1) is 0 Å². The minimum atomic E-state index is -0.619. The fourth-order valence-corrected chi connectivity index (χ4v) is 7.52. The molecule has 3 amide bonds. The van der Waals surface area contributed by atoms with E-state index in [1.54, 1.807) is 0 Å². The van der Waals surface area contributed by atoms with Gasteiger partial charge in [0.15, 0.2) is 0 Å². The van der Waals surface area contributed by atoms with Crippen LogP contribution in [0.25, 0.3) is 0 Å². The van der Waals surface area contributed by atoms with Crippen molar-refractivity contribution in [2.75, 3.05) is 105 Å². The maximum Gasteiger partial charge on any atom is 0.407 e. The Morgan fingerprint density at radius 3 is 1.06 bits per heavy atom. The van der Waals surface area contributed by atoms with Crippen molar-refractivity contribution in [2.24, 2.45) is 5.73 Å². The summed E-state index contributed by atoms with van der Waals surface area (Å²) in [5.74, 6) is 0. The van der Waals surface area contributed by atoms with Crippen molar-refractivity contribution >= 4 is 18.3 Å². The number of ether oxygens (including phenoxy) is 6. The zero-order valence-electron chi connectivity index (χ0n) is 43.1. The number of hydrogen-bond donors (Lipinski definition) is 4. The number of carbonyl (C=O) groups excluding carboxylic acids is 3. The van der Waals surface area contributed by atoms with Crippen LogP contribution in [-0.2, 0) is 48.1 Å². The van der Waals surface area contributed by atoms with Gasteiger partial charge in [-0.3, -0.25) is 9.80 Å². The Morgan fingerprint density at radius 1 is 0.457 bits per heavy atom. The van der Waals surface area contributed by atoms with E-state index in [9.17, 15) is 28.8 Å². The Balaban J connectivity index is 1.48. The minimum absolute atomic E-state index is 0.153. The van der Waals surface area contributed by atoms with Gasteiger partial charge in [-0.25, -0.2) is 42.5 Å². The van der Waals surface area contributed by atoms with Gasteiger partial charge in [0.25, 0.3) is 0 Å². The molecular weight excluding hydrogens is 907 g/mol. The molecule has 2 saturated heterocycles. The zero-order valence-corrected chi connectivity index (χ0v) is 43.1. The second-order valence-corrected chi connectivity index (χ2v) is 18.5. The molecule has 21 nitrogen and oxygen atoms in total. The van der Waals surface area contributed by atoms with Crippen LogP contribution < -0.4 is 38.8 Å². The first-order valence-electron chi connectivity index (χ1n) is 26.8. The SMILES string of the molecule is CCCCOCC(CN)OC(=O)NCCCCCCn1c(=O)n(CCCCCCNC(=O)OC(COCCCC)CN2CC2)c(=O)n(CCCCCCNC(=O)OC(COCCCC)CN2CC2)c1=O. The van der Waals surface area contributed by atoms with E-state index in [2.05, 4.69) is 46.5 Å². The van der Waals surface area contributed by atoms with E-state index < -0.39 is 41.5 Å². The monoisotopic (exact) mass is 998 g/mol. The number of amides is 3. The van der Waals surface area contributed by atoms with Gasteiger partial charge in [-0.05, 0) is 57.8 Å². The number of alkyl carbamates (subject to hydrolysis) is 3. The summed E-state index contributed by atoms with van der Waals surface area (Å²) in [5.41, 5.74) is 3.88. The second kappa shape index (κ2) is 37.7. The van der Waals surface area contributed by atoms with Crippen molar-refractivity contribution in [1.29, 1.82) is 0 Å². The third-order valence-electron chi connectivity index (χ3n) is 12.0. The normalized spacial score (nSPS) is 14.7. The fraction of sp³-hybridized carbons (Fsp3) is 0.878. The highest BCUT2D eigenvalue weighted by molar-refractivity contribution is 5.68. The summed E-state index contributed by atoms with van der Waals surface area (Å²) < 4.78 is 37.1. The quantitative estimate of drug-likeness (QED) is 0.0408. The van der Waals surface area contributed by atoms with Crippen LogP contribution in [0.4, 0.5) is 14.4 Å². The van der Waals surface area contributed by atoms with Gasteiger partial charge in [0, 0.05) is 105 Å². The number of nitrogens with two attached hydrogens (primary N) is 1. The van der Waals surface area contributed by atoms with Crippen LogP contribution in [0.2, 0.25) is 0 Å². The molecule has 2 aliphatic rings. The predicted molar refractivity (Wildman–Crippen MR) is 269 cm³/mol. The molecule has 0 bridgehead atoms. The number of rotatable bonds is 44. The van der Waals surface area contributed by atoms with E-state index in [1.807, 2.05) is 0 Å². The maximum atomic E-state index is 13.7. The van der Waals surface area contributed by atoms with Crippen LogP contribution in [0.1, 0.15) is 136 Å². The van der Waals surface area contributed by atoms with Crippen LogP contribution in [0.3, 0.4) is 0 Å². The Labute approximate surface area is 416 Å². The maximum absolute atomic E-state index is 13.7. The molecule has 70 heavy (non-hydrogen) atoms. The van der Waals surface area contributed by atoms with Crippen molar-refractivity contribution in [1.82, 2.24) is 39.5 Å². The van der Waals surface area contributed by atoms with Crippen LogP contribution in [0, 0.1) is 0 Å². The molecule has 3 heterocycles. The summed E-state index contributed by atoms with van der Waals surface area (Å²) in [7, 11) is 0. The van der Waals surface area contributed by atoms with E-state index in [1.165, 1.54) is 13.7 Å². The topological polar surface area (TPSA) is 241 Å². The highest BCUT2D eigenvalue weighted by Gasteiger charge is 2.26. The summed E-state index contributed by atoms with van der Waals surface area (Å²) in [6.07, 6.45) is 11.3. The van der Waals surface area contributed by atoms with Crippen molar-refractivity contribution in [3.05, 3.63) is 31.5 Å². The molecule has 3 atom stereocenters. The molecule has 5 N–H and O–H groups in total. The number of nitrogens with one attached hydrogen (secondary N) is 3. The number of unbranched alkanes of at least 4 members (excludes halogenated alkanes) is 12. The molecule has 404 valence electrons. The molecule has 1 aromatic rings. The molecule has 0 spiro atoms. The standard InChI is InChI=1S/C49H91N9O12/c1-4-7-32-65-38-41(35-50)68-44(59)51-22-16-10-13-19-25-56-47(62)57(26-20-14-11-17-23-52-45(60)69-42(36-54-28-29-54)39-66-33-8-5-2)49(64)58(48(56)63)27-21-15-12-18-24-53-46(61)70-43(37-55-30-31-55)40-67-34-9-6-3/h41-43H,4-40,50H2,1-3H3,(H,51,59)(H,52,60)(H,53,61). The van der Waals surface area contributed by atoms with Gasteiger partial charge in [-0.2, -0.15) is 0 Å². The molecule has 0 aromatic carbocycles. The number of hydrogen-bond acceptors (Lipinski definition) is 15. The molecule has 1 aromatic heterocycles. The average molecular weight is 998 g/mol.